The van der Waals surface area contributed by atoms with Crippen molar-refractivity contribution < 1.29 is 14.5 Å². The van der Waals surface area contributed by atoms with Gasteiger partial charge in [0.05, 0.1) is 23.4 Å². The third-order valence-electron chi connectivity index (χ3n) is 4.12. The molecule has 0 aliphatic rings. The van der Waals surface area contributed by atoms with Gasteiger partial charge in [0, 0.05) is 23.2 Å². The average Bonchev–Trinajstić information content (AvgIpc) is 3.12. The van der Waals surface area contributed by atoms with Gasteiger partial charge in [0.1, 0.15) is 11.4 Å². The summed E-state index contributed by atoms with van der Waals surface area (Å²) in [5.74, 6) is 0.428. The van der Waals surface area contributed by atoms with Crippen LogP contribution in [-0.2, 0) is 0 Å². The van der Waals surface area contributed by atoms with Crippen LogP contribution >= 0.6 is 0 Å². The molecular weight excluding hydrogens is 372 g/mol. The quantitative estimate of drug-likeness (QED) is 0.521. The topological polar surface area (TPSA) is 99.3 Å². The van der Waals surface area contributed by atoms with Gasteiger partial charge in [-0.15, -0.1) is 0 Å². The monoisotopic (exact) mass is 394 g/mol. The molecule has 2 aromatic carbocycles. The van der Waals surface area contributed by atoms with Crippen LogP contribution in [0.4, 0.5) is 5.69 Å². The number of carbonyl (C=O) groups is 1. The molecule has 0 aliphatic heterocycles. The van der Waals surface area contributed by atoms with E-state index in [1.807, 2.05) is 45.0 Å². The predicted molar refractivity (Wildman–Crippen MR) is 109 cm³/mol. The summed E-state index contributed by atoms with van der Waals surface area (Å²) < 4.78 is 6.67. The van der Waals surface area contributed by atoms with Crippen molar-refractivity contribution in [3.05, 3.63) is 70.4 Å². The number of ether oxygens (including phenoxy) is 1. The molecule has 1 N–H and O–H groups in total. The maximum Gasteiger partial charge on any atom is 0.270 e. The Morgan fingerprint density at radius 3 is 2.24 bits per heavy atom. The maximum atomic E-state index is 12.9. The van der Waals surface area contributed by atoms with Crippen molar-refractivity contribution in [1.82, 2.24) is 15.1 Å². The number of amides is 1. The van der Waals surface area contributed by atoms with Gasteiger partial charge in [0.25, 0.3) is 11.6 Å². The van der Waals surface area contributed by atoms with Crippen molar-refractivity contribution in [3.63, 3.8) is 0 Å². The van der Waals surface area contributed by atoms with Gasteiger partial charge < -0.3 is 10.1 Å². The van der Waals surface area contributed by atoms with Crippen LogP contribution in [0.15, 0.2) is 54.6 Å². The van der Waals surface area contributed by atoms with Crippen LogP contribution < -0.4 is 10.1 Å². The summed E-state index contributed by atoms with van der Waals surface area (Å²) in [4.78, 5) is 23.3. The highest BCUT2D eigenvalue weighted by Gasteiger charge is 2.22. The molecule has 150 valence electrons. The molecular formula is C21H22N4O4. The second-order valence-corrected chi connectivity index (χ2v) is 7.53. The summed E-state index contributed by atoms with van der Waals surface area (Å²) in [6, 6.07) is 14.9. The van der Waals surface area contributed by atoms with E-state index in [1.54, 1.807) is 25.3 Å². The van der Waals surface area contributed by atoms with Crippen molar-refractivity contribution in [2.75, 3.05) is 7.11 Å². The summed E-state index contributed by atoms with van der Waals surface area (Å²) in [7, 11) is 1.59. The van der Waals surface area contributed by atoms with E-state index >= 15 is 0 Å². The van der Waals surface area contributed by atoms with Crippen molar-refractivity contribution in [1.29, 1.82) is 0 Å². The minimum Gasteiger partial charge on any atom is -0.497 e. The molecule has 0 atom stereocenters. The number of methoxy groups -OCH3 is 1. The molecule has 8 nitrogen and oxygen atoms in total. The van der Waals surface area contributed by atoms with E-state index in [0.29, 0.717) is 22.8 Å². The van der Waals surface area contributed by atoms with Gasteiger partial charge in [-0.05, 0) is 63.2 Å². The van der Waals surface area contributed by atoms with Crippen molar-refractivity contribution in [3.8, 4) is 22.7 Å². The van der Waals surface area contributed by atoms with Crippen LogP contribution in [0, 0.1) is 10.1 Å². The molecule has 0 radical (unpaired) electrons. The lowest BCUT2D eigenvalue weighted by atomic mass is 10.1. The summed E-state index contributed by atoms with van der Waals surface area (Å²) in [6.07, 6.45) is 0. The lowest BCUT2D eigenvalue weighted by Gasteiger charge is -2.20. The Balaban J connectivity index is 2.07. The molecule has 0 saturated heterocycles. The van der Waals surface area contributed by atoms with E-state index in [4.69, 9.17) is 4.74 Å². The van der Waals surface area contributed by atoms with Gasteiger partial charge >= 0.3 is 0 Å². The number of carbonyl (C=O) groups excluding carboxylic acids is 1. The Kier molecular flexibility index (Phi) is 5.36. The number of hydrogen-bond donors (Lipinski definition) is 1. The van der Waals surface area contributed by atoms with Gasteiger partial charge in [-0.1, -0.05) is 0 Å². The molecule has 0 saturated carbocycles. The minimum absolute atomic E-state index is 0.0306. The van der Waals surface area contributed by atoms with Crippen LogP contribution in [0.1, 0.15) is 31.3 Å². The number of aromatic nitrogens is 2. The molecule has 0 unspecified atom stereocenters. The first-order chi connectivity index (χ1) is 13.7. The molecule has 1 amide bonds. The molecule has 0 fully saturated rings. The van der Waals surface area contributed by atoms with Gasteiger partial charge in [-0.3, -0.25) is 14.9 Å². The molecule has 0 spiro atoms. The highest BCUT2D eigenvalue weighted by molar-refractivity contribution is 5.94. The largest absolute Gasteiger partial charge is 0.497 e. The molecule has 1 heterocycles. The second-order valence-electron chi connectivity index (χ2n) is 7.53. The zero-order valence-electron chi connectivity index (χ0n) is 16.7. The van der Waals surface area contributed by atoms with Crippen molar-refractivity contribution >= 4 is 11.6 Å². The number of nitro benzene ring substituents is 1. The fraction of sp³-hybridized carbons (Fsp3) is 0.238. The van der Waals surface area contributed by atoms with E-state index in [2.05, 4.69) is 10.4 Å². The van der Waals surface area contributed by atoms with Gasteiger partial charge in [0.2, 0.25) is 0 Å². The lowest BCUT2D eigenvalue weighted by Crippen LogP contribution is -2.41. The van der Waals surface area contributed by atoms with E-state index in [0.717, 1.165) is 5.56 Å². The normalized spacial score (nSPS) is 11.2. The van der Waals surface area contributed by atoms with Gasteiger partial charge in [0.15, 0.2) is 0 Å². The number of benzene rings is 2. The number of nitro groups is 1. The molecule has 3 rings (SSSR count). The smallest absolute Gasteiger partial charge is 0.270 e. The van der Waals surface area contributed by atoms with Crippen LogP contribution in [0.3, 0.4) is 0 Å². The first kappa shape index (κ1) is 20.1. The summed E-state index contributed by atoms with van der Waals surface area (Å²) >= 11 is 0. The summed E-state index contributed by atoms with van der Waals surface area (Å²) in [5, 5.41) is 18.4. The van der Waals surface area contributed by atoms with E-state index in [-0.39, 0.29) is 11.6 Å². The number of rotatable bonds is 5. The minimum atomic E-state index is -0.469. The summed E-state index contributed by atoms with van der Waals surface area (Å²) in [6.45, 7) is 5.67. The fourth-order valence-electron chi connectivity index (χ4n) is 2.76. The molecule has 0 bridgehead atoms. The average molecular weight is 394 g/mol. The molecule has 8 heteroatoms. The van der Waals surface area contributed by atoms with E-state index in [1.165, 1.54) is 16.8 Å². The Hall–Kier alpha value is -3.68. The second kappa shape index (κ2) is 7.75. The number of nitrogens with zero attached hydrogens (tertiary/aromatic N) is 3. The van der Waals surface area contributed by atoms with Crippen LogP contribution in [0.5, 0.6) is 5.75 Å². The van der Waals surface area contributed by atoms with E-state index in [9.17, 15) is 14.9 Å². The highest BCUT2D eigenvalue weighted by atomic mass is 16.6. The van der Waals surface area contributed by atoms with Gasteiger partial charge in [-0.25, -0.2) is 4.68 Å². The van der Waals surface area contributed by atoms with Crippen molar-refractivity contribution in [2.45, 2.75) is 26.3 Å². The Morgan fingerprint density at radius 1 is 1.10 bits per heavy atom. The number of hydrogen-bond acceptors (Lipinski definition) is 5. The van der Waals surface area contributed by atoms with Crippen LogP contribution in [0.2, 0.25) is 0 Å². The number of non-ortho nitro benzene ring substituents is 1. The Labute approximate surface area is 168 Å². The Bertz CT molecular complexity index is 1030. The molecule has 29 heavy (non-hydrogen) atoms. The first-order valence-electron chi connectivity index (χ1n) is 9.00. The first-order valence-corrected chi connectivity index (χ1v) is 9.00. The third kappa shape index (κ3) is 4.60. The van der Waals surface area contributed by atoms with Crippen LogP contribution in [-0.4, -0.2) is 33.3 Å². The standard InChI is InChI=1S/C21H22N4O4/c1-21(2,3)22-20(26)19-13-18(14-5-11-17(29-4)12-6-14)23-24(19)15-7-9-16(10-8-15)25(27)28/h5-13H,1-4H3,(H,22,26). The Morgan fingerprint density at radius 2 is 1.72 bits per heavy atom. The van der Waals surface area contributed by atoms with Crippen LogP contribution in [0.25, 0.3) is 16.9 Å². The zero-order valence-corrected chi connectivity index (χ0v) is 16.7. The number of nitrogens with one attached hydrogen (secondary N) is 1. The van der Waals surface area contributed by atoms with Crippen molar-refractivity contribution in [2.24, 2.45) is 0 Å². The predicted octanol–water partition coefficient (Wildman–Crippen LogP) is 3.98. The lowest BCUT2D eigenvalue weighted by molar-refractivity contribution is -0.384. The SMILES string of the molecule is COc1ccc(-c2cc(C(=O)NC(C)(C)C)n(-c3ccc([N+](=O)[O-])cc3)n2)cc1. The molecule has 0 aliphatic carbocycles. The fourth-order valence-corrected chi connectivity index (χ4v) is 2.76. The molecule has 3 aromatic rings. The third-order valence-corrected chi connectivity index (χ3v) is 4.12. The zero-order chi connectivity index (χ0) is 21.2. The molecule has 1 aromatic heterocycles. The summed E-state index contributed by atoms with van der Waals surface area (Å²) in [5.41, 5.74) is 1.84. The van der Waals surface area contributed by atoms with E-state index < -0.39 is 10.5 Å². The maximum absolute atomic E-state index is 12.9. The highest BCUT2D eigenvalue weighted by Crippen LogP contribution is 2.25. The van der Waals surface area contributed by atoms with Gasteiger partial charge in [-0.2, -0.15) is 5.10 Å².